The van der Waals surface area contributed by atoms with Gasteiger partial charge in [0, 0.05) is 31.5 Å². The van der Waals surface area contributed by atoms with Crippen LogP contribution >= 0.6 is 0 Å². The number of benzene rings is 1. The molecule has 0 radical (unpaired) electrons. The van der Waals surface area contributed by atoms with E-state index in [1.54, 1.807) is 0 Å². The van der Waals surface area contributed by atoms with Crippen LogP contribution < -0.4 is 20.5 Å². The van der Waals surface area contributed by atoms with Crippen molar-refractivity contribution in [3.63, 3.8) is 0 Å². The topological polar surface area (TPSA) is 87.2 Å². The Bertz CT molecular complexity index is 754. The lowest BCUT2D eigenvalue weighted by Gasteiger charge is -2.31. The van der Waals surface area contributed by atoms with Crippen molar-refractivity contribution in [2.75, 3.05) is 13.2 Å². The molecule has 2 aliphatic rings. The Morgan fingerprint density at radius 1 is 1.15 bits per heavy atom. The first kappa shape index (κ1) is 17.3. The van der Waals surface area contributed by atoms with Gasteiger partial charge in [-0.15, -0.1) is 10.2 Å². The molecule has 0 amide bonds. The van der Waals surface area contributed by atoms with Crippen LogP contribution in [0.5, 0.6) is 11.5 Å². The zero-order chi connectivity index (χ0) is 17.9. The third-order valence-electron chi connectivity index (χ3n) is 5.14. The number of rotatable bonds is 6. The summed E-state index contributed by atoms with van der Waals surface area (Å²) in [6.07, 6.45) is 2.95. The van der Waals surface area contributed by atoms with Crippen molar-refractivity contribution in [2.45, 2.75) is 57.8 Å². The van der Waals surface area contributed by atoms with Crippen molar-refractivity contribution in [1.29, 1.82) is 0 Å². The predicted molar refractivity (Wildman–Crippen MR) is 98.2 cm³/mol. The number of nitrogens with two attached hydrogens (primary N) is 1. The lowest BCUT2D eigenvalue weighted by molar-refractivity contribution is 0.297. The van der Waals surface area contributed by atoms with Crippen LogP contribution in [-0.2, 0) is 19.6 Å². The molecule has 0 spiro atoms. The summed E-state index contributed by atoms with van der Waals surface area (Å²) < 4.78 is 13.7. The van der Waals surface area contributed by atoms with Crippen molar-refractivity contribution >= 4 is 0 Å². The molecular weight excluding hydrogens is 330 g/mol. The van der Waals surface area contributed by atoms with E-state index in [0.717, 1.165) is 55.5 Å². The van der Waals surface area contributed by atoms with Gasteiger partial charge in [0.1, 0.15) is 11.6 Å². The summed E-state index contributed by atoms with van der Waals surface area (Å²) in [7, 11) is 0. The molecule has 7 heteroatoms. The molecule has 7 nitrogen and oxygen atoms in total. The zero-order valence-corrected chi connectivity index (χ0v) is 15.3. The average Bonchev–Trinajstić information content (AvgIpc) is 2.87. The second kappa shape index (κ2) is 7.63. The van der Waals surface area contributed by atoms with E-state index in [0.29, 0.717) is 31.7 Å². The van der Waals surface area contributed by atoms with Crippen LogP contribution in [0.4, 0.5) is 0 Å². The SMILES string of the molecule is CCn1c(CNCc2ccc3c(c2)OCCCO3)nnc1C1CC(N)C1. The van der Waals surface area contributed by atoms with Crippen molar-refractivity contribution in [3.05, 3.63) is 35.4 Å². The summed E-state index contributed by atoms with van der Waals surface area (Å²) in [5, 5.41) is 12.3. The molecule has 1 fully saturated rings. The van der Waals surface area contributed by atoms with Crippen LogP contribution in [0.2, 0.25) is 0 Å². The Kier molecular flexibility index (Phi) is 5.08. The Hall–Kier alpha value is -2.12. The Morgan fingerprint density at radius 3 is 2.73 bits per heavy atom. The van der Waals surface area contributed by atoms with Gasteiger partial charge in [-0.05, 0) is 37.5 Å². The second-order valence-corrected chi connectivity index (χ2v) is 7.08. The molecular formula is C19H27N5O2. The average molecular weight is 357 g/mol. The smallest absolute Gasteiger partial charge is 0.161 e. The minimum absolute atomic E-state index is 0.322. The fourth-order valence-corrected chi connectivity index (χ4v) is 3.64. The minimum Gasteiger partial charge on any atom is -0.490 e. The van der Waals surface area contributed by atoms with Gasteiger partial charge in [-0.1, -0.05) is 6.07 Å². The first-order valence-electron chi connectivity index (χ1n) is 9.51. The molecule has 0 unspecified atom stereocenters. The molecule has 1 aromatic carbocycles. The highest BCUT2D eigenvalue weighted by Gasteiger charge is 2.31. The second-order valence-electron chi connectivity index (χ2n) is 7.08. The van der Waals surface area contributed by atoms with E-state index in [-0.39, 0.29) is 0 Å². The van der Waals surface area contributed by atoms with Crippen LogP contribution in [0.25, 0.3) is 0 Å². The maximum Gasteiger partial charge on any atom is 0.161 e. The highest BCUT2D eigenvalue weighted by molar-refractivity contribution is 5.43. The van der Waals surface area contributed by atoms with E-state index in [9.17, 15) is 0 Å². The Balaban J connectivity index is 1.37. The molecule has 4 rings (SSSR count). The highest BCUT2D eigenvalue weighted by Crippen LogP contribution is 2.35. The molecule has 3 N–H and O–H groups in total. The molecule has 0 atom stereocenters. The highest BCUT2D eigenvalue weighted by atomic mass is 16.5. The third kappa shape index (κ3) is 3.54. The van der Waals surface area contributed by atoms with Gasteiger partial charge in [-0.25, -0.2) is 0 Å². The number of fused-ring (bicyclic) bond motifs is 1. The van der Waals surface area contributed by atoms with Gasteiger partial charge >= 0.3 is 0 Å². The van der Waals surface area contributed by atoms with E-state index in [1.165, 1.54) is 5.56 Å². The first-order chi connectivity index (χ1) is 12.7. The van der Waals surface area contributed by atoms with E-state index >= 15 is 0 Å². The van der Waals surface area contributed by atoms with Gasteiger partial charge in [0.05, 0.1) is 19.8 Å². The molecule has 26 heavy (non-hydrogen) atoms. The van der Waals surface area contributed by atoms with Gasteiger partial charge in [0.15, 0.2) is 11.5 Å². The number of ether oxygens (including phenoxy) is 2. The molecule has 140 valence electrons. The maximum atomic E-state index is 5.92. The number of nitrogens with zero attached hydrogens (tertiary/aromatic N) is 3. The normalized spacial score (nSPS) is 21.9. The lowest BCUT2D eigenvalue weighted by Crippen LogP contribution is -2.36. The summed E-state index contributed by atoms with van der Waals surface area (Å²) in [5.74, 6) is 4.20. The van der Waals surface area contributed by atoms with Crippen LogP contribution in [-0.4, -0.2) is 34.0 Å². The van der Waals surface area contributed by atoms with Gasteiger partial charge < -0.3 is 25.1 Å². The van der Waals surface area contributed by atoms with E-state index < -0.39 is 0 Å². The lowest BCUT2D eigenvalue weighted by atomic mass is 9.80. The van der Waals surface area contributed by atoms with Crippen LogP contribution in [0.3, 0.4) is 0 Å². The molecule has 1 aliphatic heterocycles. The number of hydrogen-bond acceptors (Lipinski definition) is 6. The summed E-state index contributed by atoms with van der Waals surface area (Å²) >= 11 is 0. The molecule has 0 saturated heterocycles. The van der Waals surface area contributed by atoms with E-state index in [4.69, 9.17) is 15.2 Å². The number of hydrogen-bond donors (Lipinski definition) is 2. The largest absolute Gasteiger partial charge is 0.490 e. The molecule has 1 saturated carbocycles. The minimum atomic E-state index is 0.322. The third-order valence-corrected chi connectivity index (χ3v) is 5.14. The zero-order valence-electron chi connectivity index (χ0n) is 15.3. The molecule has 2 aromatic rings. The quantitative estimate of drug-likeness (QED) is 0.822. The predicted octanol–water partition coefficient (Wildman–Crippen LogP) is 1.95. The first-order valence-corrected chi connectivity index (χ1v) is 9.51. The van der Waals surface area contributed by atoms with Crippen molar-refractivity contribution in [2.24, 2.45) is 5.73 Å². The van der Waals surface area contributed by atoms with Crippen molar-refractivity contribution in [1.82, 2.24) is 20.1 Å². The van der Waals surface area contributed by atoms with Gasteiger partial charge in [-0.2, -0.15) is 0 Å². The van der Waals surface area contributed by atoms with Crippen LogP contribution in [0.1, 0.15) is 49.3 Å². The number of nitrogens with one attached hydrogen (secondary N) is 1. The maximum absolute atomic E-state index is 5.92. The molecule has 1 aromatic heterocycles. The van der Waals surface area contributed by atoms with E-state index in [1.807, 2.05) is 6.07 Å². The Morgan fingerprint density at radius 2 is 1.96 bits per heavy atom. The monoisotopic (exact) mass is 357 g/mol. The van der Waals surface area contributed by atoms with E-state index in [2.05, 4.69) is 39.1 Å². The molecule has 0 bridgehead atoms. The fourth-order valence-electron chi connectivity index (χ4n) is 3.64. The molecule has 1 aliphatic carbocycles. The van der Waals surface area contributed by atoms with Gasteiger partial charge in [0.2, 0.25) is 0 Å². The summed E-state index contributed by atoms with van der Waals surface area (Å²) in [4.78, 5) is 0. The summed E-state index contributed by atoms with van der Waals surface area (Å²) in [5.41, 5.74) is 7.09. The Labute approximate surface area is 153 Å². The summed E-state index contributed by atoms with van der Waals surface area (Å²) in [6.45, 7) is 5.88. The van der Waals surface area contributed by atoms with Gasteiger partial charge in [-0.3, -0.25) is 0 Å². The van der Waals surface area contributed by atoms with Gasteiger partial charge in [0.25, 0.3) is 0 Å². The molecule has 2 heterocycles. The van der Waals surface area contributed by atoms with Crippen LogP contribution in [0.15, 0.2) is 18.2 Å². The van der Waals surface area contributed by atoms with Crippen LogP contribution in [0, 0.1) is 0 Å². The summed E-state index contributed by atoms with van der Waals surface area (Å²) in [6, 6.07) is 6.44. The van der Waals surface area contributed by atoms with Crippen molar-refractivity contribution < 1.29 is 9.47 Å². The number of aromatic nitrogens is 3. The van der Waals surface area contributed by atoms with Crippen molar-refractivity contribution in [3.8, 4) is 11.5 Å². The fraction of sp³-hybridized carbons (Fsp3) is 0.579. The standard InChI is InChI=1S/C19H27N5O2/c1-2-24-18(22-23-19(24)14-9-15(20)10-14)12-21-11-13-4-5-16-17(8-13)26-7-3-6-25-16/h4-5,8,14-15,21H,2-3,6-7,9-12,20H2,1H3.